The number of allylic oxidation sites excluding steroid dienone is 3. The van der Waals surface area contributed by atoms with Crippen molar-refractivity contribution in [1.29, 1.82) is 0 Å². The first-order valence-corrected chi connectivity index (χ1v) is 5.75. The summed E-state index contributed by atoms with van der Waals surface area (Å²) in [6.45, 7) is 0. The lowest BCUT2D eigenvalue weighted by molar-refractivity contribution is 0.0967. The van der Waals surface area contributed by atoms with Crippen molar-refractivity contribution in [3.8, 4) is 0 Å². The molecule has 0 atom stereocenters. The first-order valence-electron chi connectivity index (χ1n) is 5.75. The van der Waals surface area contributed by atoms with Crippen LogP contribution in [0.5, 0.6) is 0 Å². The van der Waals surface area contributed by atoms with Crippen LogP contribution in [0.4, 0.5) is 5.69 Å². The molecule has 1 aromatic carbocycles. The number of carbonyl (C=O) groups is 1. The number of carbonyl (C=O) groups excluding carboxylic acids is 1. The van der Waals surface area contributed by atoms with Gasteiger partial charge in [-0.2, -0.15) is 0 Å². The molecule has 1 amide bonds. The van der Waals surface area contributed by atoms with Gasteiger partial charge < -0.3 is 10.6 Å². The van der Waals surface area contributed by atoms with Crippen molar-refractivity contribution in [2.75, 3.05) is 12.4 Å². The van der Waals surface area contributed by atoms with Gasteiger partial charge in [0.15, 0.2) is 0 Å². The van der Waals surface area contributed by atoms with E-state index in [-0.39, 0.29) is 5.91 Å². The van der Waals surface area contributed by atoms with E-state index in [4.69, 9.17) is 0 Å². The fourth-order valence-corrected chi connectivity index (χ4v) is 1.73. The van der Waals surface area contributed by atoms with E-state index in [0.29, 0.717) is 5.56 Å². The number of hydrogen-bond donors (Lipinski definition) is 2. The first-order chi connectivity index (χ1) is 8.29. The summed E-state index contributed by atoms with van der Waals surface area (Å²) in [6, 6.07) is 7.44. The Morgan fingerprint density at radius 1 is 1.29 bits per heavy atom. The Morgan fingerprint density at radius 3 is 2.88 bits per heavy atom. The van der Waals surface area contributed by atoms with Gasteiger partial charge in [-0.1, -0.05) is 18.2 Å². The van der Waals surface area contributed by atoms with Crippen LogP contribution in [-0.2, 0) is 0 Å². The molecule has 1 aliphatic rings. The monoisotopic (exact) mass is 228 g/mol. The predicted octanol–water partition coefficient (Wildman–Crippen LogP) is 2.69. The third-order valence-electron chi connectivity index (χ3n) is 2.67. The molecule has 0 aromatic heterocycles. The van der Waals surface area contributed by atoms with Crippen LogP contribution in [0.1, 0.15) is 23.2 Å². The second-order valence-electron chi connectivity index (χ2n) is 3.92. The van der Waals surface area contributed by atoms with Crippen molar-refractivity contribution >= 4 is 11.6 Å². The van der Waals surface area contributed by atoms with Crippen LogP contribution in [0.15, 0.2) is 48.2 Å². The van der Waals surface area contributed by atoms with Crippen LogP contribution in [0.3, 0.4) is 0 Å². The van der Waals surface area contributed by atoms with E-state index in [1.165, 1.54) is 0 Å². The van der Waals surface area contributed by atoms with Gasteiger partial charge in [-0.3, -0.25) is 4.79 Å². The van der Waals surface area contributed by atoms with E-state index < -0.39 is 0 Å². The van der Waals surface area contributed by atoms with Crippen LogP contribution < -0.4 is 10.6 Å². The van der Waals surface area contributed by atoms with E-state index in [0.717, 1.165) is 24.2 Å². The molecule has 1 aromatic rings. The van der Waals surface area contributed by atoms with E-state index in [9.17, 15) is 4.79 Å². The number of amides is 1. The summed E-state index contributed by atoms with van der Waals surface area (Å²) in [5, 5.41) is 5.91. The maximum atomic E-state index is 12.0. The molecule has 1 aliphatic carbocycles. The molecule has 0 aliphatic heterocycles. The Morgan fingerprint density at radius 2 is 2.18 bits per heavy atom. The van der Waals surface area contributed by atoms with Crippen LogP contribution in [0, 0.1) is 0 Å². The Hall–Kier alpha value is -2.03. The number of rotatable bonds is 3. The van der Waals surface area contributed by atoms with Crippen LogP contribution in [0.2, 0.25) is 0 Å². The summed E-state index contributed by atoms with van der Waals surface area (Å²) >= 11 is 0. The van der Waals surface area contributed by atoms with Crippen molar-refractivity contribution < 1.29 is 4.79 Å². The first kappa shape index (κ1) is 11.5. The van der Waals surface area contributed by atoms with E-state index in [2.05, 4.69) is 16.7 Å². The van der Waals surface area contributed by atoms with Gasteiger partial charge in [0.1, 0.15) is 0 Å². The molecule has 0 saturated heterocycles. The molecule has 3 nitrogen and oxygen atoms in total. The summed E-state index contributed by atoms with van der Waals surface area (Å²) in [7, 11) is 1.84. The highest BCUT2D eigenvalue weighted by Gasteiger charge is 2.07. The summed E-state index contributed by atoms with van der Waals surface area (Å²) in [6.07, 6.45) is 8.10. The van der Waals surface area contributed by atoms with Crippen molar-refractivity contribution in [1.82, 2.24) is 5.32 Å². The molecule has 0 radical (unpaired) electrons. The maximum absolute atomic E-state index is 12.0. The van der Waals surface area contributed by atoms with Gasteiger partial charge >= 0.3 is 0 Å². The van der Waals surface area contributed by atoms with E-state index in [1.807, 2.05) is 43.5 Å². The van der Waals surface area contributed by atoms with Crippen LogP contribution in [0.25, 0.3) is 0 Å². The minimum atomic E-state index is -0.0695. The molecule has 0 unspecified atom stereocenters. The number of benzene rings is 1. The van der Waals surface area contributed by atoms with E-state index >= 15 is 0 Å². The Kier molecular flexibility index (Phi) is 3.60. The summed E-state index contributed by atoms with van der Waals surface area (Å²) in [5.41, 5.74) is 2.48. The maximum Gasteiger partial charge on any atom is 0.255 e. The second-order valence-corrected chi connectivity index (χ2v) is 3.92. The van der Waals surface area contributed by atoms with Gasteiger partial charge in [0.2, 0.25) is 0 Å². The molecule has 2 rings (SSSR count). The summed E-state index contributed by atoms with van der Waals surface area (Å²) in [4.78, 5) is 12.0. The predicted molar refractivity (Wildman–Crippen MR) is 69.9 cm³/mol. The average Bonchev–Trinajstić information content (AvgIpc) is 2.40. The number of hydrogen-bond acceptors (Lipinski definition) is 2. The van der Waals surface area contributed by atoms with Crippen molar-refractivity contribution in [3.63, 3.8) is 0 Å². The number of anilines is 1. The molecule has 0 heterocycles. The zero-order valence-corrected chi connectivity index (χ0v) is 9.86. The molecular weight excluding hydrogens is 212 g/mol. The normalized spacial score (nSPS) is 14.1. The quantitative estimate of drug-likeness (QED) is 0.835. The molecule has 0 spiro atoms. The van der Waals surface area contributed by atoms with Crippen molar-refractivity contribution in [2.45, 2.75) is 12.8 Å². The Balaban J connectivity index is 2.08. The van der Waals surface area contributed by atoms with Crippen molar-refractivity contribution in [3.05, 3.63) is 53.8 Å². The molecule has 0 saturated carbocycles. The molecule has 2 N–H and O–H groups in total. The third-order valence-corrected chi connectivity index (χ3v) is 2.67. The van der Waals surface area contributed by atoms with Gasteiger partial charge in [0, 0.05) is 24.0 Å². The highest BCUT2D eigenvalue weighted by molar-refractivity contribution is 5.96. The summed E-state index contributed by atoms with van der Waals surface area (Å²) in [5.74, 6) is -0.0695. The standard InChI is InChI=1S/C14H16N2O/c1-15-13-9-5-6-11(10-13)14(17)16-12-7-3-2-4-8-12/h3,5-10,15H,2,4H2,1H3,(H,16,17). The Labute approximate surface area is 101 Å². The summed E-state index contributed by atoms with van der Waals surface area (Å²) < 4.78 is 0. The Bertz CT molecular complexity index is 475. The van der Waals surface area contributed by atoms with Gasteiger partial charge in [0.05, 0.1) is 0 Å². The molecule has 17 heavy (non-hydrogen) atoms. The topological polar surface area (TPSA) is 41.1 Å². The van der Waals surface area contributed by atoms with Crippen molar-refractivity contribution in [2.24, 2.45) is 0 Å². The largest absolute Gasteiger partial charge is 0.388 e. The smallest absolute Gasteiger partial charge is 0.255 e. The van der Waals surface area contributed by atoms with Crippen LogP contribution >= 0.6 is 0 Å². The molecule has 0 fully saturated rings. The molecular formula is C14H16N2O. The zero-order chi connectivity index (χ0) is 12.1. The molecule has 3 heteroatoms. The fourth-order valence-electron chi connectivity index (χ4n) is 1.73. The minimum absolute atomic E-state index is 0.0695. The lowest BCUT2D eigenvalue weighted by atomic mass is 10.1. The third kappa shape index (κ3) is 2.97. The molecule has 0 bridgehead atoms. The lowest BCUT2D eigenvalue weighted by Crippen LogP contribution is -2.22. The minimum Gasteiger partial charge on any atom is -0.388 e. The highest BCUT2D eigenvalue weighted by atomic mass is 16.1. The second kappa shape index (κ2) is 5.34. The van der Waals surface area contributed by atoms with Gasteiger partial charge in [-0.25, -0.2) is 0 Å². The fraction of sp³-hybridized carbons (Fsp3) is 0.214. The van der Waals surface area contributed by atoms with Gasteiger partial charge in [-0.15, -0.1) is 0 Å². The highest BCUT2D eigenvalue weighted by Crippen LogP contribution is 2.11. The molecule has 88 valence electrons. The lowest BCUT2D eigenvalue weighted by Gasteiger charge is -2.09. The van der Waals surface area contributed by atoms with Gasteiger partial charge in [0.25, 0.3) is 5.91 Å². The van der Waals surface area contributed by atoms with Gasteiger partial charge in [-0.05, 0) is 37.1 Å². The van der Waals surface area contributed by atoms with Crippen LogP contribution in [-0.4, -0.2) is 13.0 Å². The SMILES string of the molecule is CNc1cccc(C(=O)NC2=CCCC=C2)c1. The number of nitrogens with one attached hydrogen (secondary N) is 2. The zero-order valence-electron chi connectivity index (χ0n) is 9.86. The average molecular weight is 228 g/mol. The van der Waals surface area contributed by atoms with E-state index in [1.54, 1.807) is 0 Å².